The molecule has 4 rings (SSSR count). The smallest absolute Gasteiger partial charge is 0.368 e. The summed E-state index contributed by atoms with van der Waals surface area (Å²) >= 11 is 5.77. The van der Waals surface area contributed by atoms with Crippen molar-refractivity contribution in [2.75, 3.05) is 29.9 Å². The molecular weight excluding hydrogens is 414 g/mol. The van der Waals surface area contributed by atoms with Crippen molar-refractivity contribution in [1.29, 1.82) is 0 Å². The van der Waals surface area contributed by atoms with Crippen LogP contribution in [0.3, 0.4) is 0 Å². The molecule has 0 aliphatic carbocycles. The Morgan fingerprint density at radius 1 is 1.24 bits per heavy atom. The molecule has 2 atom stereocenters. The van der Waals surface area contributed by atoms with E-state index in [1.807, 2.05) is 0 Å². The second kappa shape index (κ2) is 7.66. The monoisotopic (exact) mass is 433 g/mol. The summed E-state index contributed by atoms with van der Waals surface area (Å²) < 4.78 is 54.1. The lowest BCUT2D eigenvalue weighted by molar-refractivity contribution is -0.168. The van der Waals surface area contributed by atoms with Crippen molar-refractivity contribution in [3.63, 3.8) is 0 Å². The molecule has 0 spiro atoms. The molecule has 1 fully saturated rings. The maximum atomic E-state index is 13.3. The number of fused-ring (bicyclic) bond motifs is 1. The van der Waals surface area contributed by atoms with E-state index in [1.165, 1.54) is 18.2 Å². The molecule has 3 heterocycles. The van der Waals surface area contributed by atoms with Crippen LogP contribution in [0.4, 0.5) is 28.9 Å². The van der Waals surface area contributed by atoms with Gasteiger partial charge in [-0.15, -0.1) is 0 Å². The Kier molecular flexibility index (Phi) is 5.34. The molecule has 6 nitrogen and oxygen atoms in total. The molecule has 0 saturated carbocycles. The lowest BCUT2D eigenvalue weighted by atomic mass is 10.1. The van der Waals surface area contributed by atoms with Crippen molar-refractivity contribution in [3.05, 3.63) is 40.9 Å². The Hall–Kier alpha value is -2.04. The van der Waals surface area contributed by atoms with Gasteiger partial charge in [0.25, 0.3) is 0 Å². The third-order valence-electron chi connectivity index (χ3n) is 5.43. The van der Waals surface area contributed by atoms with Crippen molar-refractivity contribution in [2.45, 2.75) is 32.0 Å². The van der Waals surface area contributed by atoms with Crippen LogP contribution in [0.15, 0.2) is 24.4 Å². The van der Waals surface area contributed by atoms with Gasteiger partial charge in [0.15, 0.2) is 6.35 Å². The van der Waals surface area contributed by atoms with Crippen molar-refractivity contribution >= 4 is 23.0 Å². The van der Waals surface area contributed by atoms with Crippen LogP contribution < -0.4 is 10.2 Å². The number of nitrogens with zero attached hydrogens (tertiary/aromatic N) is 4. The second-order valence-electron chi connectivity index (χ2n) is 7.29. The summed E-state index contributed by atoms with van der Waals surface area (Å²) in [4.78, 5) is 3.44. The number of nitrogens with one attached hydrogen (secondary N) is 1. The minimum Gasteiger partial charge on any atom is -0.368 e. The van der Waals surface area contributed by atoms with Crippen molar-refractivity contribution in [3.8, 4) is 0 Å². The van der Waals surface area contributed by atoms with E-state index >= 15 is 0 Å². The number of benzene rings is 1. The largest absolute Gasteiger partial charge is 0.393 e. The van der Waals surface area contributed by atoms with Gasteiger partial charge in [-0.2, -0.15) is 18.3 Å². The average Bonchev–Trinajstić information content (AvgIpc) is 3.30. The van der Waals surface area contributed by atoms with Gasteiger partial charge >= 0.3 is 6.18 Å². The van der Waals surface area contributed by atoms with E-state index in [2.05, 4.69) is 10.4 Å². The van der Waals surface area contributed by atoms with Crippen LogP contribution in [-0.4, -0.2) is 51.9 Å². The van der Waals surface area contributed by atoms with Gasteiger partial charge in [-0.1, -0.05) is 11.6 Å². The molecule has 1 saturated heterocycles. The number of hydrogen-bond donors (Lipinski definition) is 2. The summed E-state index contributed by atoms with van der Waals surface area (Å²) in [6.07, 6.45) is -3.62. The van der Waals surface area contributed by atoms with Crippen LogP contribution in [0.2, 0.25) is 5.02 Å². The molecule has 0 amide bonds. The molecule has 0 bridgehead atoms. The van der Waals surface area contributed by atoms with Gasteiger partial charge in [0.1, 0.15) is 5.82 Å². The van der Waals surface area contributed by atoms with E-state index in [0.29, 0.717) is 37.6 Å². The molecule has 1 aromatic heterocycles. The first-order valence-electron chi connectivity index (χ1n) is 9.22. The van der Waals surface area contributed by atoms with Crippen LogP contribution >= 0.6 is 11.6 Å². The maximum absolute atomic E-state index is 13.3. The third-order valence-corrected chi connectivity index (χ3v) is 5.72. The highest BCUT2D eigenvalue weighted by Crippen LogP contribution is 2.37. The Bertz CT molecular complexity index is 890. The van der Waals surface area contributed by atoms with Crippen molar-refractivity contribution < 1.29 is 22.7 Å². The quantitative estimate of drug-likeness (QED) is 0.572. The predicted molar refractivity (Wildman–Crippen MR) is 100 cm³/mol. The fourth-order valence-corrected chi connectivity index (χ4v) is 3.98. The molecule has 2 aliphatic rings. The van der Waals surface area contributed by atoms with E-state index < -0.39 is 24.3 Å². The SMILES string of the molecule is OC(Nc1ccc(F)c(Cl)c1)N1CCn2ncc(N3CCC(C(F)(F)F)C3)c2C1. The maximum Gasteiger partial charge on any atom is 0.393 e. The Morgan fingerprint density at radius 3 is 2.72 bits per heavy atom. The third kappa shape index (κ3) is 4.15. The highest BCUT2D eigenvalue weighted by atomic mass is 35.5. The zero-order chi connectivity index (χ0) is 20.8. The van der Waals surface area contributed by atoms with Crippen LogP contribution in [0.1, 0.15) is 12.1 Å². The first kappa shape index (κ1) is 20.2. The molecule has 11 heteroatoms. The molecule has 158 valence electrons. The van der Waals surface area contributed by atoms with Gasteiger partial charge in [-0.05, 0) is 24.6 Å². The average molecular weight is 434 g/mol. The number of alkyl halides is 3. The zero-order valence-corrected chi connectivity index (χ0v) is 16.1. The van der Waals surface area contributed by atoms with E-state index in [4.69, 9.17) is 11.6 Å². The lowest BCUT2D eigenvalue weighted by Crippen LogP contribution is -2.45. The lowest BCUT2D eigenvalue weighted by Gasteiger charge is -2.33. The van der Waals surface area contributed by atoms with Gasteiger partial charge in [0.2, 0.25) is 0 Å². The molecular formula is C18H20ClF4N5O. The van der Waals surface area contributed by atoms with E-state index in [0.717, 1.165) is 5.69 Å². The van der Waals surface area contributed by atoms with Crippen LogP contribution in [0.25, 0.3) is 0 Å². The Labute approximate surface area is 169 Å². The predicted octanol–water partition coefficient (Wildman–Crippen LogP) is 3.27. The van der Waals surface area contributed by atoms with E-state index in [-0.39, 0.29) is 18.0 Å². The molecule has 2 unspecified atom stereocenters. The first-order valence-corrected chi connectivity index (χ1v) is 9.60. The molecule has 2 N–H and O–H groups in total. The summed E-state index contributed by atoms with van der Waals surface area (Å²) in [7, 11) is 0. The second-order valence-corrected chi connectivity index (χ2v) is 7.70. The molecule has 0 radical (unpaired) electrons. The Morgan fingerprint density at radius 2 is 2.03 bits per heavy atom. The molecule has 29 heavy (non-hydrogen) atoms. The number of aliphatic hydroxyl groups excluding tert-OH is 1. The fraction of sp³-hybridized carbons (Fsp3) is 0.500. The molecule has 2 aliphatic heterocycles. The minimum atomic E-state index is -4.20. The normalized spacial score (nSPS) is 21.3. The van der Waals surface area contributed by atoms with Crippen LogP contribution in [0, 0.1) is 11.7 Å². The standard InChI is InChI=1S/C18H20ClF4N5O/c19-13-7-12(1-2-14(13)20)25-17(29)27-5-6-28-16(10-27)15(8-24-28)26-4-3-11(9-26)18(21,22)23/h1-2,7-8,11,17,25,29H,3-6,9-10H2. The number of halogens is 5. The van der Waals surface area contributed by atoms with Gasteiger partial charge in [0, 0.05) is 31.9 Å². The van der Waals surface area contributed by atoms with Crippen molar-refractivity contribution in [1.82, 2.24) is 14.7 Å². The molecule has 1 aromatic carbocycles. The minimum absolute atomic E-state index is 0.0607. The van der Waals surface area contributed by atoms with Gasteiger partial charge in [-0.3, -0.25) is 9.58 Å². The Balaban J connectivity index is 1.45. The van der Waals surface area contributed by atoms with Crippen molar-refractivity contribution in [2.24, 2.45) is 5.92 Å². The summed E-state index contributed by atoms with van der Waals surface area (Å²) in [5.74, 6) is -1.89. The van der Waals surface area contributed by atoms with Gasteiger partial charge < -0.3 is 15.3 Å². The highest BCUT2D eigenvalue weighted by Gasteiger charge is 2.44. The van der Waals surface area contributed by atoms with Crippen LogP contribution in [0.5, 0.6) is 0 Å². The first-order chi connectivity index (χ1) is 13.7. The zero-order valence-electron chi connectivity index (χ0n) is 15.3. The number of anilines is 2. The summed E-state index contributed by atoms with van der Waals surface area (Å²) in [5, 5.41) is 17.6. The van der Waals surface area contributed by atoms with Gasteiger partial charge in [-0.25, -0.2) is 4.39 Å². The van der Waals surface area contributed by atoms with E-state index in [1.54, 1.807) is 20.7 Å². The number of rotatable bonds is 4. The topological polar surface area (TPSA) is 56.6 Å². The highest BCUT2D eigenvalue weighted by molar-refractivity contribution is 6.31. The van der Waals surface area contributed by atoms with Gasteiger partial charge in [0.05, 0.1) is 35.1 Å². The molecule has 2 aromatic rings. The summed E-state index contributed by atoms with van der Waals surface area (Å²) in [6, 6.07) is 4.04. The van der Waals surface area contributed by atoms with Crippen LogP contribution in [-0.2, 0) is 13.1 Å². The fourth-order valence-electron chi connectivity index (χ4n) is 3.80. The number of hydrogen-bond acceptors (Lipinski definition) is 5. The number of aromatic nitrogens is 2. The summed E-state index contributed by atoms with van der Waals surface area (Å²) in [6.45, 7) is 1.53. The number of aliphatic hydroxyl groups is 1. The van der Waals surface area contributed by atoms with E-state index in [9.17, 15) is 22.7 Å². The summed E-state index contributed by atoms with van der Waals surface area (Å²) in [5.41, 5.74) is 1.88.